The standard InChI is InChI=1S/C20H16FN3O4S/c1-11(19-23-24-20(28-19)12-6-8-13(21)9-7-12)27-17(25)10-16-18(26)22-14-4-2-3-5-15(14)29-16/h2-9,11,16H,10H2,1H3,(H,22,26)/t11-,16-/m1/s1. The van der Waals surface area contributed by atoms with Gasteiger partial charge in [-0.15, -0.1) is 22.0 Å². The van der Waals surface area contributed by atoms with Crippen LogP contribution in [0.1, 0.15) is 25.3 Å². The Kier molecular flexibility index (Phi) is 5.30. The molecule has 1 aromatic heterocycles. The van der Waals surface area contributed by atoms with Gasteiger partial charge in [0.25, 0.3) is 5.89 Å². The number of carbonyl (C=O) groups excluding carboxylic acids is 2. The number of aromatic nitrogens is 2. The highest BCUT2D eigenvalue weighted by Gasteiger charge is 2.30. The van der Waals surface area contributed by atoms with Gasteiger partial charge in [-0.2, -0.15) is 0 Å². The minimum absolute atomic E-state index is 0.0892. The molecule has 9 heteroatoms. The molecule has 2 heterocycles. The molecule has 0 aliphatic carbocycles. The second-order valence-electron chi connectivity index (χ2n) is 6.38. The fourth-order valence-corrected chi connectivity index (χ4v) is 3.88. The van der Waals surface area contributed by atoms with E-state index in [4.69, 9.17) is 9.15 Å². The third-order valence-corrected chi connectivity index (χ3v) is 5.52. The fourth-order valence-electron chi connectivity index (χ4n) is 2.78. The zero-order valence-corrected chi connectivity index (χ0v) is 16.1. The van der Waals surface area contributed by atoms with E-state index in [9.17, 15) is 14.0 Å². The maximum absolute atomic E-state index is 13.0. The van der Waals surface area contributed by atoms with Gasteiger partial charge in [-0.05, 0) is 43.3 Å². The number of fused-ring (bicyclic) bond motifs is 1. The zero-order chi connectivity index (χ0) is 20.4. The zero-order valence-electron chi connectivity index (χ0n) is 15.3. The van der Waals surface area contributed by atoms with E-state index in [2.05, 4.69) is 15.5 Å². The Hall–Kier alpha value is -3.20. The van der Waals surface area contributed by atoms with Crippen LogP contribution in [0.4, 0.5) is 10.1 Å². The number of thioether (sulfide) groups is 1. The van der Waals surface area contributed by atoms with Gasteiger partial charge in [0.05, 0.1) is 17.4 Å². The number of hydrogen-bond acceptors (Lipinski definition) is 7. The lowest BCUT2D eigenvalue weighted by atomic mass is 10.2. The number of halogens is 1. The normalized spacial score (nSPS) is 16.6. The quantitative estimate of drug-likeness (QED) is 0.632. The number of hydrogen-bond donors (Lipinski definition) is 1. The first-order chi connectivity index (χ1) is 14.0. The second kappa shape index (κ2) is 8.04. The maximum Gasteiger partial charge on any atom is 0.308 e. The van der Waals surface area contributed by atoms with Gasteiger partial charge < -0.3 is 14.5 Å². The number of para-hydroxylation sites is 1. The third-order valence-electron chi connectivity index (χ3n) is 4.25. The van der Waals surface area contributed by atoms with Gasteiger partial charge in [-0.25, -0.2) is 4.39 Å². The van der Waals surface area contributed by atoms with Gasteiger partial charge in [0.15, 0.2) is 6.10 Å². The first-order valence-corrected chi connectivity index (χ1v) is 9.73. The largest absolute Gasteiger partial charge is 0.453 e. The molecule has 1 aliphatic rings. The van der Waals surface area contributed by atoms with Crippen LogP contribution in [-0.4, -0.2) is 27.3 Å². The predicted molar refractivity (Wildman–Crippen MR) is 104 cm³/mol. The SMILES string of the molecule is C[C@@H](OC(=O)C[C@H]1Sc2ccccc2NC1=O)c1nnc(-c2ccc(F)cc2)o1. The van der Waals surface area contributed by atoms with Crippen LogP contribution < -0.4 is 5.32 Å². The van der Waals surface area contributed by atoms with Crippen molar-refractivity contribution in [2.45, 2.75) is 29.6 Å². The summed E-state index contributed by atoms with van der Waals surface area (Å²) in [6, 6.07) is 13.0. The summed E-state index contributed by atoms with van der Waals surface area (Å²) < 4.78 is 23.9. The number of ether oxygens (including phenoxy) is 1. The highest BCUT2D eigenvalue weighted by molar-refractivity contribution is 8.01. The van der Waals surface area contributed by atoms with Gasteiger partial charge in [0.1, 0.15) is 5.82 Å². The average molecular weight is 413 g/mol. The molecule has 7 nitrogen and oxygen atoms in total. The summed E-state index contributed by atoms with van der Waals surface area (Å²) >= 11 is 1.32. The molecule has 0 saturated heterocycles. The lowest BCUT2D eigenvalue weighted by Gasteiger charge is -2.23. The molecular formula is C20H16FN3O4S. The number of benzene rings is 2. The Morgan fingerprint density at radius 1 is 1.24 bits per heavy atom. The van der Waals surface area contributed by atoms with Crippen LogP contribution in [0.25, 0.3) is 11.5 Å². The third kappa shape index (κ3) is 4.29. The molecule has 2 atom stereocenters. The number of nitrogens with one attached hydrogen (secondary N) is 1. The average Bonchev–Trinajstić information content (AvgIpc) is 3.19. The van der Waals surface area contributed by atoms with Crippen LogP contribution in [0.5, 0.6) is 0 Å². The van der Waals surface area contributed by atoms with E-state index < -0.39 is 17.3 Å². The summed E-state index contributed by atoms with van der Waals surface area (Å²) in [5.74, 6) is -0.853. The molecule has 3 aromatic rings. The van der Waals surface area contributed by atoms with E-state index in [-0.39, 0.29) is 29.9 Å². The Bertz CT molecular complexity index is 1050. The molecule has 1 amide bonds. The molecule has 148 valence electrons. The summed E-state index contributed by atoms with van der Waals surface area (Å²) in [6.45, 7) is 1.60. The Balaban J connectivity index is 1.38. The Morgan fingerprint density at radius 2 is 2.00 bits per heavy atom. The number of anilines is 1. The van der Waals surface area contributed by atoms with Gasteiger partial charge in [0, 0.05) is 10.5 Å². The molecule has 0 saturated carbocycles. The Labute approximate surface area is 169 Å². The fraction of sp³-hybridized carbons (Fsp3) is 0.200. The van der Waals surface area contributed by atoms with Crippen LogP contribution in [0.15, 0.2) is 57.8 Å². The van der Waals surface area contributed by atoms with Crippen LogP contribution in [0.3, 0.4) is 0 Å². The van der Waals surface area contributed by atoms with Crippen molar-refractivity contribution in [3.8, 4) is 11.5 Å². The van der Waals surface area contributed by atoms with Gasteiger partial charge in [0.2, 0.25) is 11.8 Å². The van der Waals surface area contributed by atoms with Crippen molar-refractivity contribution < 1.29 is 23.1 Å². The summed E-state index contributed by atoms with van der Waals surface area (Å²) in [5, 5.41) is 10.00. The molecule has 0 fully saturated rings. The predicted octanol–water partition coefficient (Wildman–Crippen LogP) is 3.98. The van der Waals surface area contributed by atoms with Crippen LogP contribution in [0.2, 0.25) is 0 Å². The first kappa shape index (κ1) is 19.1. The van der Waals surface area contributed by atoms with E-state index in [0.717, 1.165) is 10.6 Å². The lowest BCUT2D eigenvalue weighted by Crippen LogP contribution is -2.31. The number of nitrogens with zero attached hydrogens (tertiary/aromatic N) is 2. The molecule has 2 aromatic carbocycles. The summed E-state index contributed by atoms with van der Waals surface area (Å²) in [5.41, 5.74) is 1.29. The van der Waals surface area contributed by atoms with Crippen molar-refractivity contribution in [3.63, 3.8) is 0 Å². The van der Waals surface area contributed by atoms with Gasteiger partial charge in [-0.3, -0.25) is 9.59 Å². The monoisotopic (exact) mass is 413 g/mol. The molecule has 0 bridgehead atoms. The molecule has 0 spiro atoms. The van der Waals surface area contributed by atoms with Crippen molar-refractivity contribution in [1.29, 1.82) is 0 Å². The van der Waals surface area contributed by atoms with Crippen LogP contribution in [-0.2, 0) is 14.3 Å². The van der Waals surface area contributed by atoms with E-state index in [1.54, 1.807) is 6.92 Å². The van der Waals surface area contributed by atoms with Crippen molar-refractivity contribution in [2.24, 2.45) is 0 Å². The molecule has 0 radical (unpaired) electrons. The van der Waals surface area contributed by atoms with Crippen LogP contribution in [0, 0.1) is 5.82 Å². The van der Waals surface area contributed by atoms with E-state index >= 15 is 0 Å². The molecule has 29 heavy (non-hydrogen) atoms. The topological polar surface area (TPSA) is 94.3 Å². The van der Waals surface area contributed by atoms with Crippen molar-refractivity contribution in [1.82, 2.24) is 10.2 Å². The molecule has 1 aliphatic heterocycles. The minimum atomic E-state index is -0.784. The summed E-state index contributed by atoms with van der Waals surface area (Å²) in [4.78, 5) is 25.4. The van der Waals surface area contributed by atoms with Crippen molar-refractivity contribution >= 4 is 29.3 Å². The van der Waals surface area contributed by atoms with Gasteiger partial charge in [-0.1, -0.05) is 12.1 Å². The van der Waals surface area contributed by atoms with Crippen LogP contribution >= 0.6 is 11.8 Å². The summed E-state index contributed by atoms with van der Waals surface area (Å²) in [6.07, 6.45) is -0.873. The smallest absolute Gasteiger partial charge is 0.308 e. The second-order valence-corrected chi connectivity index (χ2v) is 7.63. The van der Waals surface area contributed by atoms with E-state index in [1.165, 1.54) is 36.0 Å². The number of rotatable bonds is 5. The number of amides is 1. The van der Waals surface area contributed by atoms with Crippen molar-refractivity contribution in [3.05, 3.63) is 60.2 Å². The summed E-state index contributed by atoms with van der Waals surface area (Å²) in [7, 11) is 0. The van der Waals surface area contributed by atoms with E-state index in [0.29, 0.717) is 5.56 Å². The molecular weight excluding hydrogens is 397 g/mol. The molecule has 0 unspecified atom stereocenters. The number of carbonyl (C=O) groups is 2. The Morgan fingerprint density at radius 3 is 2.79 bits per heavy atom. The minimum Gasteiger partial charge on any atom is -0.453 e. The maximum atomic E-state index is 13.0. The highest BCUT2D eigenvalue weighted by Crippen LogP contribution is 2.37. The lowest BCUT2D eigenvalue weighted by molar-refractivity contribution is -0.150. The number of esters is 1. The first-order valence-electron chi connectivity index (χ1n) is 8.85. The molecule has 4 rings (SSSR count). The molecule has 1 N–H and O–H groups in total. The highest BCUT2D eigenvalue weighted by atomic mass is 32.2. The van der Waals surface area contributed by atoms with E-state index in [1.807, 2.05) is 24.3 Å². The van der Waals surface area contributed by atoms with Gasteiger partial charge >= 0.3 is 5.97 Å². The van der Waals surface area contributed by atoms with Crippen molar-refractivity contribution in [2.75, 3.05) is 5.32 Å².